The highest BCUT2D eigenvalue weighted by molar-refractivity contribution is 5.62. The zero-order chi connectivity index (χ0) is 14.3. The smallest absolute Gasteiger partial charge is 0.256 e. The Morgan fingerprint density at radius 2 is 1.90 bits per heavy atom. The van der Waals surface area contributed by atoms with Crippen molar-refractivity contribution in [1.29, 1.82) is 0 Å². The maximum Gasteiger partial charge on any atom is 0.256 e. The van der Waals surface area contributed by atoms with E-state index in [-0.39, 0.29) is 12.2 Å². The van der Waals surface area contributed by atoms with Crippen LogP contribution in [0.15, 0.2) is 35.1 Å². The Bertz CT molecular complexity index is 711. The van der Waals surface area contributed by atoms with E-state index in [1.807, 2.05) is 10.6 Å². The Balaban J connectivity index is 2.20. The van der Waals surface area contributed by atoms with Crippen molar-refractivity contribution in [2.45, 2.75) is 39.3 Å². The third kappa shape index (κ3) is 2.18. The van der Waals surface area contributed by atoms with Gasteiger partial charge < -0.3 is 9.67 Å². The number of aromatic nitrogens is 1. The Kier molecular flexibility index (Phi) is 3.22. The molecule has 3 nitrogen and oxygen atoms in total. The molecule has 20 heavy (non-hydrogen) atoms. The SMILES string of the molecule is Cc1ccc(-c2ccc(CO)c(=O)n2C2CC2)cc1C. The van der Waals surface area contributed by atoms with E-state index in [0.717, 1.165) is 24.1 Å². The molecule has 1 saturated carbocycles. The molecule has 0 atom stereocenters. The highest BCUT2D eigenvalue weighted by atomic mass is 16.3. The first-order chi connectivity index (χ1) is 9.61. The molecule has 3 heteroatoms. The van der Waals surface area contributed by atoms with Crippen LogP contribution in [0.5, 0.6) is 0 Å². The molecule has 3 rings (SSSR count). The topological polar surface area (TPSA) is 42.2 Å². The second-order valence-corrected chi connectivity index (χ2v) is 5.61. The maximum absolute atomic E-state index is 12.4. The monoisotopic (exact) mass is 269 g/mol. The predicted octanol–water partition coefficient (Wildman–Crippen LogP) is 2.96. The van der Waals surface area contributed by atoms with Crippen LogP contribution < -0.4 is 5.56 Å². The molecule has 0 unspecified atom stereocenters. The van der Waals surface area contributed by atoms with Gasteiger partial charge in [0.25, 0.3) is 5.56 Å². The Labute approximate surface area is 118 Å². The van der Waals surface area contributed by atoms with Crippen molar-refractivity contribution < 1.29 is 5.11 Å². The number of aliphatic hydroxyl groups is 1. The zero-order valence-corrected chi connectivity index (χ0v) is 11.9. The number of benzene rings is 1. The van der Waals surface area contributed by atoms with Crippen LogP contribution in [0.4, 0.5) is 0 Å². The van der Waals surface area contributed by atoms with Crippen LogP contribution in [-0.4, -0.2) is 9.67 Å². The molecule has 0 saturated heterocycles. The van der Waals surface area contributed by atoms with Gasteiger partial charge in [-0.3, -0.25) is 4.79 Å². The van der Waals surface area contributed by atoms with Crippen molar-refractivity contribution in [3.8, 4) is 11.3 Å². The molecule has 1 aromatic carbocycles. The minimum Gasteiger partial charge on any atom is -0.391 e. The van der Waals surface area contributed by atoms with Crippen molar-refractivity contribution in [2.75, 3.05) is 0 Å². The summed E-state index contributed by atoms with van der Waals surface area (Å²) in [5.41, 5.74) is 4.93. The van der Waals surface area contributed by atoms with Crippen molar-refractivity contribution in [3.63, 3.8) is 0 Å². The van der Waals surface area contributed by atoms with Crippen LogP contribution >= 0.6 is 0 Å². The lowest BCUT2D eigenvalue weighted by atomic mass is 10.0. The summed E-state index contributed by atoms with van der Waals surface area (Å²) in [7, 11) is 0. The molecule has 104 valence electrons. The molecule has 0 bridgehead atoms. The summed E-state index contributed by atoms with van der Waals surface area (Å²) < 4.78 is 1.86. The molecule has 2 aromatic rings. The highest BCUT2D eigenvalue weighted by Crippen LogP contribution is 2.37. The summed E-state index contributed by atoms with van der Waals surface area (Å²) in [6.07, 6.45) is 2.10. The van der Waals surface area contributed by atoms with Gasteiger partial charge in [0.15, 0.2) is 0 Å². The molecule has 1 fully saturated rings. The summed E-state index contributed by atoms with van der Waals surface area (Å²) in [5.74, 6) is 0. The third-order valence-electron chi connectivity index (χ3n) is 4.08. The van der Waals surface area contributed by atoms with E-state index in [1.165, 1.54) is 11.1 Å². The van der Waals surface area contributed by atoms with Gasteiger partial charge in [-0.2, -0.15) is 0 Å². The van der Waals surface area contributed by atoms with Gasteiger partial charge in [-0.15, -0.1) is 0 Å². The summed E-state index contributed by atoms with van der Waals surface area (Å²) >= 11 is 0. The second kappa shape index (κ2) is 4.91. The lowest BCUT2D eigenvalue weighted by Crippen LogP contribution is -2.24. The lowest BCUT2D eigenvalue weighted by molar-refractivity contribution is 0.279. The molecule has 1 N–H and O–H groups in total. The van der Waals surface area contributed by atoms with E-state index in [4.69, 9.17) is 0 Å². The van der Waals surface area contributed by atoms with Crippen molar-refractivity contribution >= 4 is 0 Å². The molecule has 0 spiro atoms. The summed E-state index contributed by atoms with van der Waals surface area (Å²) in [6.45, 7) is 3.97. The fourth-order valence-electron chi connectivity index (χ4n) is 2.55. The van der Waals surface area contributed by atoms with Gasteiger partial charge in [-0.05, 0) is 61.6 Å². The van der Waals surface area contributed by atoms with Crippen molar-refractivity contribution in [2.24, 2.45) is 0 Å². The number of rotatable bonds is 3. The van der Waals surface area contributed by atoms with Crippen LogP contribution in [0.1, 0.15) is 35.6 Å². The van der Waals surface area contributed by atoms with Crippen LogP contribution in [0.3, 0.4) is 0 Å². The summed E-state index contributed by atoms with van der Waals surface area (Å²) in [6, 6.07) is 10.3. The number of aryl methyl sites for hydroxylation is 2. The number of hydrogen-bond donors (Lipinski definition) is 1. The summed E-state index contributed by atoms with van der Waals surface area (Å²) in [5, 5.41) is 9.27. The van der Waals surface area contributed by atoms with E-state index in [0.29, 0.717) is 11.6 Å². The van der Waals surface area contributed by atoms with Crippen LogP contribution in [0, 0.1) is 13.8 Å². The Hall–Kier alpha value is -1.87. The number of aliphatic hydroxyl groups excluding tert-OH is 1. The molecule has 1 heterocycles. The molecule has 1 aliphatic rings. The quantitative estimate of drug-likeness (QED) is 0.930. The third-order valence-corrected chi connectivity index (χ3v) is 4.08. The Morgan fingerprint density at radius 3 is 2.50 bits per heavy atom. The minimum atomic E-state index is -0.196. The van der Waals surface area contributed by atoms with E-state index in [1.54, 1.807) is 6.07 Å². The van der Waals surface area contributed by atoms with Gasteiger partial charge in [0.1, 0.15) is 0 Å². The molecule has 0 amide bonds. The first-order valence-electron chi connectivity index (χ1n) is 7.04. The van der Waals surface area contributed by atoms with E-state index in [9.17, 15) is 9.90 Å². The molecular formula is C17H19NO2. The normalized spacial score (nSPS) is 14.6. The molecule has 1 aliphatic carbocycles. The Morgan fingerprint density at radius 1 is 1.15 bits per heavy atom. The van der Waals surface area contributed by atoms with E-state index in [2.05, 4.69) is 32.0 Å². The van der Waals surface area contributed by atoms with Crippen molar-refractivity contribution in [1.82, 2.24) is 4.57 Å². The second-order valence-electron chi connectivity index (χ2n) is 5.61. The fraction of sp³-hybridized carbons (Fsp3) is 0.353. The maximum atomic E-state index is 12.4. The standard InChI is InChI=1S/C17H19NO2/c1-11-3-4-13(9-12(11)2)16-8-5-14(10-19)17(20)18(16)15-6-7-15/h3-5,8-9,15,19H,6-7,10H2,1-2H3. The largest absolute Gasteiger partial charge is 0.391 e. The zero-order valence-electron chi connectivity index (χ0n) is 11.9. The van der Waals surface area contributed by atoms with Gasteiger partial charge in [-0.25, -0.2) is 0 Å². The highest BCUT2D eigenvalue weighted by Gasteiger charge is 2.27. The van der Waals surface area contributed by atoms with Gasteiger partial charge in [0.05, 0.1) is 12.3 Å². The number of nitrogens with zero attached hydrogens (tertiary/aromatic N) is 1. The number of hydrogen-bond acceptors (Lipinski definition) is 2. The van der Waals surface area contributed by atoms with Crippen LogP contribution in [0.2, 0.25) is 0 Å². The average Bonchev–Trinajstić information content (AvgIpc) is 3.26. The molecular weight excluding hydrogens is 250 g/mol. The lowest BCUT2D eigenvalue weighted by Gasteiger charge is -2.14. The van der Waals surface area contributed by atoms with Gasteiger partial charge >= 0.3 is 0 Å². The predicted molar refractivity (Wildman–Crippen MR) is 79.8 cm³/mol. The van der Waals surface area contributed by atoms with E-state index < -0.39 is 0 Å². The first kappa shape index (κ1) is 13.1. The molecule has 0 radical (unpaired) electrons. The van der Waals surface area contributed by atoms with Gasteiger partial charge in [0.2, 0.25) is 0 Å². The molecule has 1 aromatic heterocycles. The van der Waals surface area contributed by atoms with Gasteiger partial charge in [0, 0.05) is 11.6 Å². The molecule has 0 aliphatic heterocycles. The van der Waals surface area contributed by atoms with E-state index >= 15 is 0 Å². The minimum absolute atomic E-state index is 0.0503. The van der Waals surface area contributed by atoms with Crippen LogP contribution in [-0.2, 0) is 6.61 Å². The van der Waals surface area contributed by atoms with Crippen LogP contribution in [0.25, 0.3) is 11.3 Å². The van der Waals surface area contributed by atoms with Crippen molar-refractivity contribution in [3.05, 3.63) is 57.4 Å². The summed E-state index contributed by atoms with van der Waals surface area (Å²) in [4.78, 5) is 12.4. The number of pyridine rings is 1. The first-order valence-corrected chi connectivity index (χ1v) is 7.04. The average molecular weight is 269 g/mol. The van der Waals surface area contributed by atoms with Gasteiger partial charge in [-0.1, -0.05) is 12.1 Å². The fourth-order valence-corrected chi connectivity index (χ4v) is 2.55.